The van der Waals surface area contributed by atoms with Gasteiger partial charge in [-0.15, -0.1) is 0 Å². The van der Waals surface area contributed by atoms with Gasteiger partial charge in [0.2, 0.25) is 0 Å². The Bertz CT molecular complexity index is 526. The summed E-state index contributed by atoms with van der Waals surface area (Å²) in [6, 6.07) is 3.89. The van der Waals surface area contributed by atoms with Crippen LogP contribution in [-0.4, -0.2) is 57.9 Å². The van der Waals surface area contributed by atoms with Crippen LogP contribution in [0.2, 0.25) is 0 Å². The van der Waals surface area contributed by atoms with E-state index in [4.69, 9.17) is 18.0 Å². The summed E-state index contributed by atoms with van der Waals surface area (Å²) >= 11 is 5.12. The molecule has 1 unspecified atom stereocenters. The third-order valence-corrected chi connectivity index (χ3v) is 4.24. The number of piperazine rings is 1. The molecule has 0 spiro atoms. The number of amides is 1. The number of pyridine rings is 1. The second-order valence-corrected chi connectivity index (χ2v) is 5.79. The van der Waals surface area contributed by atoms with Crippen LogP contribution in [0.25, 0.3) is 0 Å². The molecular weight excluding hydrogens is 284 g/mol. The molecule has 2 heterocycles. The Labute approximate surface area is 131 Å². The van der Waals surface area contributed by atoms with E-state index < -0.39 is 0 Å². The molecule has 0 saturated carbocycles. The van der Waals surface area contributed by atoms with Crippen molar-refractivity contribution < 1.29 is 4.79 Å². The number of carbonyl (C=O) groups is 1. The van der Waals surface area contributed by atoms with Crippen LogP contribution in [-0.2, 0) is 0 Å². The van der Waals surface area contributed by atoms with Crippen molar-refractivity contribution in [3.05, 3.63) is 29.6 Å². The molecule has 1 amide bonds. The van der Waals surface area contributed by atoms with Gasteiger partial charge in [-0.05, 0) is 25.0 Å². The lowest BCUT2D eigenvalue weighted by Crippen LogP contribution is -2.54. The number of aryl methyl sites for hydroxylation is 1. The van der Waals surface area contributed by atoms with Gasteiger partial charge in [0.05, 0.1) is 11.0 Å². The number of hydrogen-bond acceptors (Lipinski definition) is 4. The third-order valence-electron chi connectivity index (χ3n) is 3.97. The topological polar surface area (TPSA) is 62.5 Å². The second-order valence-electron chi connectivity index (χ2n) is 5.32. The van der Waals surface area contributed by atoms with Gasteiger partial charge in [-0.3, -0.25) is 14.7 Å². The van der Waals surface area contributed by atoms with E-state index in [1.807, 2.05) is 24.0 Å². The highest BCUT2D eigenvalue weighted by molar-refractivity contribution is 7.80. The van der Waals surface area contributed by atoms with Gasteiger partial charge in [0, 0.05) is 32.4 Å². The van der Waals surface area contributed by atoms with Gasteiger partial charge in [0.1, 0.15) is 5.69 Å². The number of rotatable bonds is 4. The first kappa shape index (κ1) is 15.9. The van der Waals surface area contributed by atoms with Crippen LogP contribution in [0.15, 0.2) is 18.3 Å². The van der Waals surface area contributed by atoms with Gasteiger partial charge in [-0.25, -0.2) is 0 Å². The first-order valence-corrected chi connectivity index (χ1v) is 7.69. The van der Waals surface area contributed by atoms with Gasteiger partial charge in [0.25, 0.3) is 5.91 Å². The van der Waals surface area contributed by atoms with Gasteiger partial charge < -0.3 is 10.6 Å². The highest BCUT2D eigenvalue weighted by atomic mass is 32.1. The molecule has 6 heteroatoms. The molecule has 1 saturated heterocycles. The second kappa shape index (κ2) is 6.95. The number of aromatic nitrogens is 1. The molecule has 0 aliphatic carbocycles. The summed E-state index contributed by atoms with van der Waals surface area (Å²) in [7, 11) is 0. The minimum absolute atomic E-state index is 0.0103. The lowest BCUT2D eigenvalue weighted by atomic mass is 10.1. The molecule has 5 nitrogen and oxygen atoms in total. The van der Waals surface area contributed by atoms with Crippen molar-refractivity contribution in [2.45, 2.75) is 26.3 Å². The van der Waals surface area contributed by atoms with E-state index in [9.17, 15) is 4.79 Å². The molecule has 2 rings (SSSR count). The smallest absolute Gasteiger partial charge is 0.272 e. The highest BCUT2D eigenvalue weighted by Crippen LogP contribution is 2.13. The van der Waals surface area contributed by atoms with Crippen LogP contribution in [0.3, 0.4) is 0 Å². The van der Waals surface area contributed by atoms with E-state index in [1.165, 1.54) is 0 Å². The summed E-state index contributed by atoms with van der Waals surface area (Å²) in [4.78, 5) is 21.4. The molecule has 0 bridgehead atoms. The normalized spacial score (nSPS) is 17.5. The van der Waals surface area contributed by atoms with Crippen LogP contribution < -0.4 is 5.73 Å². The molecule has 1 atom stereocenters. The van der Waals surface area contributed by atoms with Gasteiger partial charge in [-0.1, -0.05) is 25.2 Å². The minimum atomic E-state index is 0.0103. The molecule has 1 fully saturated rings. The molecule has 21 heavy (non-hydrogen) atoms. The number of nitrogens with two attached hydrogens (primary N) is 1. The Hall–Kier alpha value is -1.53. The highest BCUT2D eigenvalue weighted by Gasteiger charge is 2.27. The van der Waals surface area contributed by atoms with Crippen molar-refractivity contribution in [3.63, 3.8) is 0 Å². The zero-order valence-electron chi connectivity index (χ0n) is 12.6. The number of hydrogen-bond donors (Lipinski definition) is 1. The molecule has 114 valence electrons. The first-order valence-electron chi connectivity index (χ1n) is 7.28. The van der Waals surface area contributed by atoms with E-state index in [2.05, 4.69) is 16.8 Å². The van der Waals surface area contributed by atoms with Crippen molar-refractivity contribution >= 4 is 23.1 Å². The molecule has 1 aliphatic rings. The number of thiocarbonyl (C=S) groups is 1. The minimum Gasteiger partial charge on any atom is -0.392 e. The Morgan fingerprint density at radius 3 is 2.62 bits per heavy atom. The predicted octanol–water partition coefficient (Wildman–Crippen LogP) is 1.21. The lowest BCUT2D eigenvalue weighted by Gasteiger charge is -2.38. The zero-order chi connectivity index (χ0) is 15.4. The summed E-state index contributed by atoms with van der Waals surface area (Å²) in [5, 5.41) is 0. The van der Waals surface area contributed by atoms with Gasteiger partial charge >= 0.3 is 0 Å². The van der Waals surface area contributed by atoms with Gasteiger partial charge in [0.15, 0.2) is 0 Å². The fourth-order valence-electron chi connectivity index (χ4n) is 2.74. The van der Waals surface area contributed by atoms with Crippen LogP contribution in [0.4, 0.5) is 0 Å². The fraction of sp³-hybridized carbons (Fsp3) is 0.533. The molecule has 2 N–H and O–H groups in total. The summed E-state index contributed by atoms with van der Waals surface area (Å²) in [5.74, 6) is 0.0103. The van der Waals surface area contributed by atoms with Crippen molar-refractivity contribution in [1.82, 2.24) is 14.8 Å². The number of nitrogens with zero attached hydrogens (tertiary/aromatic N) is 3. The lowest BCUT2D eigenvalue weighted by molar-refractivity contribution is 0.0605. The van der Waals surface area contributed by atoms with Crippen molar-refractivity contribution in [2.75, 3.05) is 26.2 Å². The van der Waals surface area contributed by atoms with Crippen molar-refractivity contribution in [2.24, 2.45) is 5.73 Å². The van der Waals surface area contributed by atoms with Crippen molar-refractivity contribution in [3.8, 4) is 0 Å². The van der Waals surface area contributed by atoms with Gasteiger partial charge in [-0.2, -0.15) is 0 Å². The third kappa shape index (κ3) is 3.57. The number of carbonyl (C=O) groups excluding carboxylic acids is 1. The van der Waals surface area contributed by atoms with Crippen LogP contribution in [0, 0.1) is 6.92 Å². The van der Waals surface area contributed by atoms with E-state index in [0.717, 1.165) is 25.1 Å². The van der Waals surface area contributed by atoms with Crippen LogP contribution in [0.5, 0.6) is 0 Å². The maximum atomic E-state index is 12.5. The molecule has 1 aliphatic heterocycles. The molecule has 1 aromatic rings. The summed E-state index contributed by atoms with van der Waals surface area (Å²) in [6.45, 7) is 6.97. The largest absolute Gasteiger partial charge is 0.392 e. The summed E-state index contributed by atoms with van der Waals surface area (Å²) in [6.07, 6.45) is 2.57. The summed E-state index contributed by atoms with van der Waals surface area (Å²) in [5.41, 5.74) is 7.25. The quantitative estimate of drug-likeness (QED) is 0.847. The predicted molar refractivity (Wildman–Crippen MR) is 87.3 cm³/mol. The van der Waals surface area contributed by atoms with E-state index in [1.54, 1.807) is 6.20 Å². The van der Waals surface area contributed by atoms with Crippen LogP contribution >= 0.6 is 12.2 Å². The standard InChI is InChI=1S/C15H22N4OS/c1-3-12(14(16)21)18-7-9-19(10-8-18)15(20)13-11(2)5-4-6-17-13/h4-6,12H,3,7-10H2,1-2H3,(H2,16,21). The molecule has 0 aromatic carbocycles. The van der Waals surface area contributed by atoms with E-state index >= 15 is 0 Å². The Morgan fingerprint density at radius 2 is 2.10 bits per heavy atom. The molecule has 0 radical (unpaired) electrons. The molecular formula is C15H22N4OS. The SMILES string of the molecule is CCC(C(N)=S)N1CCN(C(=O)c2ncccc2C)CC1. The first-order chi connectivity index (χ1) is 10.0. The maximum Gasteiger partial charge on any atom is 0.272 e. The van der Waals surface area contributed by atoms with E-state index in [0.29, 0.717) is 23.8 Å². The summed E-state index contributed by atoms with van der Waals surface area (Å²) < 4.78 is 0. The Morgan fingerprint density at radius 1 is 1.43 bits per heavy atom. The Balaban J connectivity index is 2.00. The van der Waals surface area contributed by atoms with Crippen LogP contribution in [0.1, 0.15) is 29.4 Å². The fourth-order valence-corrected chi connectivity index (χ4v) is 3.05. The Kier molecular flexibility index (Phi) is 5.25. The molecule has 1 aromatic heterocycles. The zero-order valence-corrected chi connectivity index (χ0v) is 13.4. The average Bonchev–Trinajstić information content (AvgIpc) is 2.48. The van der Waals surface area contributed by atoms with Crippen molar-refractivity contribution in [1.29, 1.82) is 0 Å². The maximum absolute atomic E-state index is 12.5. The monoisotopic (exact) mass is 306 g/mol. The average molecular weight is 306 g/mol. The van der Waals surface area contributed by atoms with E-state index in [-0.39, 0.29) is 11.9 Å².